The number of rotatable bonds is 5. The Morgan fingerprint density at radius 1 is 1.04 bits per heavy atom. The third-order valence-corrected chi connectivity index (χ3v) is 4.56. The van der Waals surface area contributed by atoms with E-state index in [2.05, 4.69) is 15.3 Å². The predicted molar refractivity (Wildman–Crippen MR) is 108 cm³/mol. The largest absolute Gasteiger partial charge is 0.502 e. The van der Waals surface area contributed by atoms with Gasteiger partial charge in [0.15, 0.2) is 11.5 Å². The van der Waals surface area contributed by atoms with E-state index in [0.717, 1.165) is 22.6 Å². The van der Waals surface area contributed by atoms with Crippen molar-refractivity contribution in [3.05, 3.63) is 60.4 Å². The minimum atomic E-state index is -0.0518. The van der Waals surface area contributed by atoms with Gasteiger partial charge in [-0.3, -0.25) is 4.40 Å². The fourth-order valence-corrected chi connectivity index (χ4v) is 3.08. The first-order chi connectivity index (χ1) is 13.6. The number of benzene rings is 2. The van der Waals surface area contributed by atoms with Crippen LogP contribution in [0.5, 0.6) is 17.2 Å². The number of hydrogen-bond acceptors (Lipinski definition) is 6. The van der Waals surface area contributed by atoms with Crippen molar-refractivity contribution in [1.29, 1.82) is 0 Å². The number of nitrogens with one attached hydrogen (secondary N) is 1. The lowest BCUT2D eigenvalue weighted by Gasteiger charge is -2.13. The van der Waals surface area contributed by atoms with Crippen molar-refractivity contribution in [3.8, 4) is 28.5 Å². The number of fused-ring (bicyclic) bond motifs is 1. The van der Waals surface area contributed by atoms with E-state index in [0.29, 0.717) is 23.0 Å². The van der Waals surface area contributed by atoms with Crippen LogP contribution in [-0.2, 0) is 0 Å². The van der Waals surface area contributed by atoms with Crippen molar-refractivity contribution in [2.24, 2.45) is 0 Å². The second-order valence-electron chi connectivity index (χ2n) is 6.27. The van der Waals surface area contributed by atoms with Gasteiger partial charge in [-0.25, -0.2) is 9.97 Å². The number of aromatic hydroxyl groups is 1. The number of phenolic OH excluding ortho intramolecular Hbond substituents is 1. The van der Waals surface area contributed by atoms with Crippen molar-refractivity contribution < 1.29 is 14.6 Å². The fraction of sp³-hybridized carbons (Fsp3) is 0.143. The summed E-state index contributed by atoms with van der Waals surface area (Å²) in [6, 6.07) is 13.3. The number of nitrogens with zero attached hydrogens (tertiary/aromatic N) is 3. The average molecular weight is 376 g/mol. The van der Waals surface area contributed by atoms with Crippen LogP contribution in [0.1, 0.15) is 5.56 Å². The SMILES string of the molecule is COc1cc(-c2nc3ncccn3c2Nc2ccccc2C)cc(OC)c1O. The maximum atomic E-state index is 10.2. The Morgan fingerprint density at radius 3 is 2.43 bits per heavy atom. The van der Waals surface area contributed by atoms with E-state index in [1.165, 1.54) is 14.2 Å². The monoisotopic (exact) mass is 376 g/mol. The summed E-state index contributed by atoms with van der Waals surface area (Å²) < 4.78 is 12.5. The third kappa shape index (κ3) is 2.96. The van der Waals surface area contributed by atoms with E-state index >= 15 is 0 Å². The smallest absolute Gasteiger partial charge is 0.235 e. The standard InChI is InChI=1S/C21H20N4O3/c1-13-7-4-5-8-15(13)23-20-18(24-21-22-9-6-10-25(20)21)14-11-16(27-2)19(26)17(12-14)28-3/h4-12,23,26H,1-3H3. The molecule has 0 bridgehead atoms. The number of para-hydroxylation sites is 1. The molecule has 2 aromatic carbocycles. The van der Waals surface area contributed by atoms with Gasteiger partial charge in [0.1, 0.15) is 11.5 Å². The normalized spacial score (nSPS) is 10.8. The Bertz CT molecular complexity index is 1130. The van der Waals surface area contributed by atoms with Crippen molar-refractivity contribution in [1.82, 2.24) is 14.4 Å². The molecule has 2 N–H and O–H groups in total. The predicted octanol–water partition coefficient (Wildman–Crippen LogP) is 4.17. The van der Waals surface area contributed by atoms with Gasteiger partial charge < -0.3 is 19.9 Å². The van der Waals surface area contributed by atoms with Crippen LogP contribution in [0.2, 0.25) is 0 Å². The number of aryl methyl sites for hydroxylation is 1. The maximum absolute atomic E-state index is 10.2. The van der Waals surface area contributed by atoms with Gasteiger partial charge in [-0.15, -0.1) is 0 Å². The van der Waals surface area contributed by atoms with Crippen LogP contribution in [-0.4, -0.2) is 33.7 Å². The zero-order chi connectivity index (χ0) is 19.7. The molecule has 142 valence electrons. The number of aromatic nitrogens is 3. The second-order valence-corrected chi connectivity index (χ2v) is 6.27. The minimum Gasteiger partial charge on any atom is -0.502 e. The van der Waals surface area contributed by atoms with Crippen LogP contribution in [0.15, 0.2) is 54.9 Å². The topological polar surface area (TPSA) is 80.9 Å². The molecule has 0 unspecified atom stereocenters. The highest BCUT2D eigenvalue weighted by Gasteiger charge is 2.19. The van der Waals surface area contributed by atoms with Gasteiger partial charge in [-0.2, -0.15) is 0 Å². The molecule has 0 spiro atoms. The van der Waals surface area contributed by atoms with Crippen LogP contribution in [0.4, 0.5) is 11.5 Å². The molecule has 0 saturated heterocycles. The van der Waals surface area contributed by atoms with E-state index < -0.39 is 0 Å². The lowest BCUT2D eigenvalue weighted by molar-refractivity contribution is 0.340. The summed E-state index contributed by atoms with van der Waals surface area (Å²) in [6.45, 7) is 2.04. The average Bonchev–Trinajstić information content (AvgIpc) is 3.08. The van der Waals surface area contributed by atoms with Gasteiger partial charge >= 0.3 is 0 Å². The third-order valence-electron chi connectivity index (χ3n) is 4.56. The molecule has 0 aliphatic rings. The van der Waals surface area contributed by atoms with Crippen LogP contribution in [0.3, 0.4) is 0 Å². The second kappa shape index (κ2) is 7.11. The quantitative estimate of drug-likeness (QED) is 0.544. The van der Waals surface area contributed by atoms with Crippen molar-refractivity contribution in [3.63, 3.8) is 0 Å². The number of phenols is 1. The van der Waals surface area contributed by atoms with Crippen molar-refractivity contribution in [2.45, 2.75) is 6.92 Å². The molecule has 0 aliphatic carbocycles. The molecule has 2 heterocycles. The van der Waals surface area contributed by atoms with Gasteiger partial charge in [0.05, 0.1) is 14.2 Å². The summed E-state index contributed by atoms with van der Waals surface area (Å²) in [4.78, 5) is 9.04. The van der Waals surface area contributed by atoms with Gasteiger partial charge in [-0.05, 0) is 36.8 Å². The summed E-state index contributed by atoms with van der Waals surface area (Å²) in [6.07, 6.45) is 3.59. The van der Waals surface area contributed by atoms with E-state index in [1.54, 1.807) is 18.3 Å². The molecule has 0 amide bonds. The molecule has 0 radical (unpaired) electrons. The van der Waals surface area contributed by atoms with Gasteiger partial charge in [-0.1, -0.05) is 18.2 Å². The van der Waals surface area contributed by atoms with E-state index in [9.17, 15) is 5.11 Å². The molecular weight excluding hydrogens is 356 g/mol. The van der Waals surface area contributed by atoms with Crippen LogP contribution in [0, 0.1) is 6.92 Å². The number of ether oxygens (including phenoxy) is 2. The molecule has 7 heteroatoms. The number of imidazole rings is 1. The molecule has 0 saturated carbocycles. The zero-order valence-electron chi connectivity index (χ0n) is 15.8. The maximum Gasteiger partial charge on any atom is 0.235 e. The lowest BCUT2D eigenvalue weighted by Crippen LogP contribution is -1.99. The Hall–Kier alpha value is -3.74. The van der Waals surface area contributed by atoms with E-state index in [4.69, 9.17) is 9.47 Å². The number of methoxy groups -OCH3 is 2. The molecule has 7 nitrogen and oxygen atoms in total. The van der Waals surface area contributed by atoms with E-state index in [1.807, 2.05) is 47.9 Å². The zero-order valence-corrected chi connectivity index (χ0v) is 15.8. The molecule has 0 fully saturated rings. The summed E-state index contributed by atoms with van der Waals surface area (Å²) in [5, 5.41) is 13.7. The molecule has 0 atom stereocenters. The first kappa shape index (κ1) is 17.7. The minimum absolute atomic E-state index is 0.0518. The summed E-state index contributed by atoms with van der Waals surface area (Å²) in [5.41, 5.74) is 3.46. The fourth-order valence-electron chi connectivity index (χ4n) is 3.08. The molecule has 4 rings (SSSR count). The van der Waals surface area contributed by atoms with Gasteiger partial charge in [0, 0.05) is 23.6 Å². The molecule has 2 aromatic heterocycles. The molecule has 28 heavy (non-hydrogen) atoms. The van der Waals surface area contributed by atoms with Gasteiger partial charge in [0.25, 0.3) is 0 Å². The number of hydrogen-bond donors (Lipinski definition) is 2. The Labute approximate surface area is 162 Å². The van der Waals surface area contributed by atoms with E-state index in [-0.39, 0.29) is 5.75 Å². The first-order valence-electron chi connectivity index (χ1n) is 8.73. The first-order valence-corrected chi connectivity index (χ1v) is 8.73. The summed E-state index contributed by atoms with van der Waals surface area (Å²) >= 11 is 0. The van der Waals surface area contributed by atoms with Gasteiger partial charge in [0.2, 0.25) is 11.5 Å². The van der Waals surface area contributed by atoms with Crippen molar-refractivity contribution >= 4 is 17.3 Å². The summed E-state index contributed by atoms with van der Waals surface area (Å²) in [7, 11) is 2.99. The van der Waals surface area contributed by atoms with Crippen LogP contribution in [0.25, 0.3) is 17.0 Å². The highest BCUT2D eigenvalue weighted by atomic mass is 16.5. The molecule has 4 aromatic rings. The number of anilines is 2. The van der Waals surface area contributed by atoms with Crippen LogP contribution >= 0.6 is 0 Å². The summed E-state index contributed by atoms with van der Waals surface area (Å²) in [5.74, 6) is 1.87. The Balaban J connectivity index is 1.94. The lowest BCUT2D eigenvalue weighted by atomic mass is 10.1. The van der Waals surface area contributed by atoms with Crippen LogP contribution < -0.4 is 14.8 Å². The molecular formula is C21H20N4O3. The Morgan fingerprint density at radius 2 is 1.75 bits per heavy atom. The highest BCUT2D eigenvalue weighted by molar-refractivity contribution is 5.81. The molecule has 0 aliphatic heterocycles. The Kier molecular flexibility index (Phi) is 4.49. The highest BCUT2D eigenvalue weighted by Crippen LogP contribution is 2.42. The van der Waals surface area contributed by atoms with Crippen molar-refractivity contribution in [2.75, 3.05) is 19.5 Å².